The second-order valence-electron chi connectivity index (χ2n) is 21.1. The molecule has 3 nitrogen and oxygen atoms in total. The minimum absolute atomic E-state index is 0.132. The van der Waals surface area contributed by atoms with Gasteiger partial charge in [-0.3, -0.25) is 0 Å². The highest BCUT2D eigenvalue weighted by Crippen LogP contribution is 2.49. The lowest BCUT2D eigenvalue weighted by molar-refractivity contribution is 1.26. The number of anilines is 6. The molecule has 0 radical (unpaired) electrons. The van der Waals surface area contributed by atoms with Crippen LogP contribution < -0.4 is 26.2 Å². The van der Waals surface area contributed by atoms with E-state index in [-0.39, 0.29) is 6.71 Å². The molecule has 0 unspecified atom stereocenters. The molecule has 0 amide bonds. The van der Waals surface area contributed by atoms with Crippen LogP contribution in [-0.4, -0.2) is 11.7 Å². The fraction of sp³-hybridized carbons (Fsp3) is 0. The second kappa shape index (κ2) is 18.2. The zero-order valence-electron chi connectivity index (χ0n) is 43.1. The molecule has 16 rings (SSSR count). The quantitative estimate of drug-likeness (QED) is 0.117. The van der Waals surface area contributed by atoms with Crippen molar-refractivity contribution in [1.82, 2.24) is 4.98 Å². The van der Waals surface area contributed by atoms with Gasteiger partial charge < -0.3 is 9.80 Å². The fourth-order valence-corrected chi connectivity index (χ4v) is 12.8. The summed E-state index contributed by atoms with van der Waals surface area (Å²) in [5.74, 6) is 0. The average Bonchev–Trinajstić information content (AvgIpc) is 3.70. The lowest BCUT2D eigenvalue weighted by atomic mass is 9.33. The molecule has 2 aliphatic heterocycles. The van der Waals surface area contributed by atoms with E-state index < -0.39 is 0 Å². The Hall–Kier alpha value is -10.3. The molecule has 79 heavy (non-hydrogen) atoms. The minimum Gasteiger partial charge on any atom is -0.311 e. The van der Waals surface area contributed by atoms with Crippen molar-refractivity contribution in [2.75, 3.05) is 9.80 Å². The van der Waals surface area contributed by atoms with Crippen LogP contribution >= 0.6 is 0 Å². The molecule has 0 saturated carbocycles. The molecule has 4 heteroatoms. The maximum Gasteiger partial charge on any atom is 0.252 e. The molecule has 2 aliphatic rings. The van der Waals surface area contributed by atoms with Crippen molar-refractivity contribution in [1.29, 1.82) is 0 Å². The van der Waals surface area contributed by atoms with Crippen LogP contribution in [0.3, 0.4) is 0 Å². The minimum atomic E-state index is -0.132. The third kappa shape index (κ3) is 7.48. The third-order valence-electron chi connectivity index (χ3n) is 16.6. The molecule has 0 bridgehead atoms. The van der Waals surface area contributed by atoms with Crippen molar-refractivity contribution in [2.24, 2.45) is 0 Å². The van der Waals surface area contributed by atoms with E-state index in [1.54, 1.807) is 0 Å². The summed E-state index contributed by atoms with van der Waals surface area (Å²) in [6.07, 6.45) is 0. The average molecular weight is 1000 g/mol. The molecule has 366 valence electrons. The molecule has 0 saturated heterocycles. The van der Waals surface area contributed by atoms with Gasteiger partial charge in [-0.05, 0) is 154 Å². The van der Waals surface area contributed by atoms with Crippen LogP contribution in [0.2, 0.25) is 0 Å². The summed E-state index contributed by atoms with van der Waals surface area (Å²) in [5.41, 5.74) is 21.6. The Morgan fingerprint density at radius 1 is 0.241 bits per heavy atom. The SMILES string of the molecule is c1ccc(-c2ccc(N3c4cc5ccc6ccccc6c5cc4B4c5cc6c(ccc7ccccc76)cc5N(c5ccc(-c6ccccc6)cc5)c5cc(-c6cc(-c7ccccc7)nc(-c7ccccc7)c6)cc3c54)cc2)cc1. The highest BCUT2D eigenvalue weighted by atomic mass is 15.2. The van der Waals surface area contributed by atoms with Crippen molar-refractivity contribution >= 4 is 100 Å². The van der Waals surface area contributed by atoms with Crippen molar-refractivity contribution in [3.63, 3.8) is 0 Å². The number of benzene rings is 13. The molecule has 13 aromatic carbocycles. The molecule has 14 aromatic rings. The van der Waals surface area contributed by atoms with E-state index in [1.165, 1.54) is 93.1 Å². The van der Waals surface area contributed by atoms with E-state index in [9.17, 15) is 0 Å². The molecular formula is C75H48BN3. The topological polar surface area (TPSA) is 19.4 Å². The predicted molar refractivity (Wildman–Crippen MR) is 335 cm³/mol. The third-order valence-corrected chi connectivity index (χ3v) is 16.6. The van der Waals surface area contributed by atoms with Gasteiger partial charge in [0, 0.05) is 45.3 Å². The summed E-state index contributed by atoms with van der Waals surface area (Å²) < 4.78 is 0. The number of hydrogen-bond acceptors (Lipinski definition) is 3. The molecule has 0 spiro atoms. The van der Waals surface area contributed by atoms with E-state index in [2.05, 4.69) is 301 Å². The predicted octanol–water partition coefficient (Wildman–Crippen LogP) is 18.1. The van der Waals surface area contributed by atoms with Gasteiger partial charge in [0.15, 0.2) is 0 Å². The molecule has 0 N–H and O–H groups in total. The van der Waals surface area contributed by atoms with E-state index in [0.29, 0.717) is 0 Å². The smallest absolute Gasteiger partial charge is 0.252 e. The first-order chi connectivity index (χ1) is 39.1. The number of nitrogens with zero attached hydrogens (tertiary/aromatic N) is 3. The molecule has 3 heterocycles. The first kappa shape index (κ1) is 45.0. The van der Waals surface area contributed by atoms with Crippen LogP contribution in [0.4, 0.5) is 34.1 Å². The summed E-state index contributed by atoms with van der Waals surface area (Å²) in [6, 6.07) is 107. The van der Waals surface area contributed by atoms with Crippen molar-refractivity contribution in [3.8, 4) is 55.9 Å². The highest BCUT2D eigenvalue weighted by Gasteiger charge is 2.44. The second-order valence-corrected chi connectivity index (χ2v) is 21.1. The largest absolute Gasteiger partial charge is 0.311 e. The highest BCUT2D eigenvalue weighted by molar-refractivity contribution is 7.00. The number of fused-ring (bicyclic) bond motifs is 10. The Balaban J connectivity index is 1.03. The molecule has 0 atom stereocenters. The maximum atomic E-state index is 5.38. The van der Waals surface area contributed by atoms with Crippen LogP contribution in [-0.2, 0) is 0 Å². The summed E-state index contributed by atoms with van der Waals surface area (Å²) in [4.78, 5) is 10.5. The molecular weight excluding hydrogens is 954 g/mol. The molecule has 0 aliphatic carbocycles. The zero-order valence-corrected chi connectivity index (χ0v) is 43.1. The van der Waals surface area contributed by atoms with Crippen molar-refractivity contribution in [3.05, 3.63) is 291 Å². The summed E-state index contributed by atoms with van der Waals surface area (Å²) >= 11 is 0. The first-order valence-electron chi connectivity index (χ1n) is 27.3. The maximum absolute atomic E-state index is 5.38. The van der Waals surface area contributed by atoms with Gasteiger partial charge in [0.1, 0.15) is 0 Å². The van der Waals surface area contributed by atoms with Gasteiger partial charge in [0.2, 0.25) is 0 Å². The van der Waals surface area contributed by atoms with Crippen LogP contribution in [0.5, 0.6) is 0 Å². The van der Waals surface area contributed by atoms with Crippen molar-refractivity contribution in [2.45, 2.75) is 0 Å². The van der Waals surface area contributed by atoms with Crippen LogP contribution in [0.25, 0.3) is 99.0 Å². The van der Waals surface area contributed by atoms with E-state index in [0.717, 1.165) is 56.4 Å². The Kier molecular flexibility index (Phi) is 10.4. The monoisotopic (exact) mass is 1000 g/mol. The molecule has 0 fully saturated rings. The van der Waals surface area contributed by atoms with Gasteiger partial charge in [-0.1, -0.05) is 231 Å². The van der Waals surface area contributed by atoms with Gasteiger partial charge in [-0.2, -0.15) is 0 Å². The van der Waals surface area contributed by atoms with Crippen LogP contribution in [0.1, 0.15) is 0 Å². The summed E-state index contributed by atoms with van der Waals surface area (Å²) in [7, 11) is 0. The summed E-state index contributed by atoms with van der Waals surface area (Å²) in [6.45, 7) is -0.132. The lowest BCUT2D eigenvalue weighted by Crippen LogP contribution is -2.61. The van der Waals surface area contributed by atoms with Crippen LogP contribution in [0.15, 0.2) is 291 Å². The number of rotatable bonds is 7. The lowest BCUT2D eigenvalue weighted by Gasteiger charge is -2.45. The van der Waals surface area contributed by atoms with E-state index in [1.807, 2.05) is 0 Å². The van der Waals surface area contributed by atoms with Gasteiger partial charge in [0.25, 0.3) is 6.71 Å². The Morgan fingerprint density at radius 3 is 1.03 bits per heavy atom. The standard InChI is InChI=1S/C75H48BN3/c1-5-17-49(18-6-1)51-33-37-61(38-34-51)78-71-43-57-31-29-53-21-13-15-27-63(53)65(57)47-67(71)76-68-48-66-58(32-30-54-22-14-16-28-64(54)66)44-72(68)79(62-39-35-52(36-40-62)50-19-7-2-8-20-50)74-46-60(45-73(78)75(74)76)59-41-69(55-23-9-3-10-24-55)77-70(42-59)56-25-11-4-12-26-56/h1-48H. The van der Waals surface area contributed by atoms with Gasteiger partial charge in [0.05, 0.1) is 11.4 Å². The number of aromatic nitrogens is 1. The first-order valence-corrected chi connectivity index (χ1v) is 27.3. The van der Waals surface area contributed by atoms with Gasteiger partial charge >= 0.3 is 0 Å². The van der Waals surface area contributed by atoms with E-state index in [4.69, 9.17) is 4.98 Å². The van der Waals surface area contributed by atoms with Crippen molar-refractivity contribution < 1.29 is 0 Å². The van der Waals surface area contributed by atoms with Crippen LogP contribution in [0, 0.1) is 0 Å². The Labute approximate surface area is 459 Å². The van der Waals surface area contributed by atoms with E-state index >= 15 is 0 Å². The zero-order chi connectivity index (χ0) is 52.0. The Morgan fingerprint density at radius 2 is 0.595 bits per heavy atom. The van der Waals surface area contributed by atoms with Gasteiger partial charge in [-0.25, -0.2) is 4.98 Å². The fourth-order valence-electron chi connectivity index (χ4n) is 12.8. The number of pyridine rings is 1. The normalized spacial score (nSPS) is 12.5. The number of hydrogen-bond donors (Lipinski definition) is 0. The Bertz CT molecular complexity index is 4400. The summed E-state index contributed by atoms with van der Waals surface area (Å²) in [5, 5.41) is 9.90. The van der Waals surface area contributed by atoms with Gasteiger partial charge in [-0.15, -0.1) is 0 Å². The molecule has 1 aromatic heterocycles.